The maximum atomic E-state index is 4.32. The lowest BCUT2D eigenvalue weighted by Gasteiger charge is -2.32. The first-order chi connectivity index (χ1) is 9.81. The van der Waals surface area contributed by atoms with Crippen LogP contribution >= 0.6 is 35.3 Å². The molecule has 1 aliphatic rings. The minimum absolute atomic E-state index is 0. The molecule has 6 heteroatoms. The highest BCUT2D eigenvalue weighted by Crippen LogP contribution is 2.11. The molecule has 1 aromatic rings. The number of nitrogens with one attached hydrogen (secondary N) is 2. The van der Waals surface area contributed by atoms with Crippen molar-refractivity contribution >= 4 is 41.3 Å². The third kappa shape index (κ3) is 6.52. The van der Waals surface area contributed by atoms with E-state index in [-0.39, 0.29) is 24.0 Å². The van der Waals surface area contributed by atoms with Crippen molar-refractivity contribution in [1.82, 2.24) is 15.5 Å². The SMILES string of the molecule is CCCN1CCC(NC(=NC)NCc2cccs2)CC1.I. The van der Waals surface area contributed by atoms with Crippen molar-refractivity contribution < 1.29 is 0 Å². The minimum atomic E-state index is 0. The van der Waals surface area contributed by atoms with E-state index in [1.807, 2.05) is 7.05 Å². The Balaban J connectivity index is 0.00000220. The molecule has 0 spiro atoms. The number of rotatable bonds is 5. The van der Waals surface area contributed by atoms with Crippen LogP contribution in [0.4, 0.5) is 0 Å². The van der Waals surface area contributed by atoms with E-state index in [2.05, 4.69) is 45.0 Å². The molecule has 1 fully saturated rings. The van der Waals surface area contributed by atoms with Crippen LogP contribution in [0.15, 0.2) is 22.5 Å². The molecule has 0 aliphatic carbocycles. The maximum Gasteiger partial charge on any atom is 0.191 e. The van der Waals surface area contributed by atoms with Crippen molar-refractivity contribution in [3.8, 4) is 0 Å². The molecule has 2 heterocycles. The molecule has 2 rings (SSSR count). The average Bonchev–Trinajstić information content (AvgIpc) is 2.99. The Labute approximate surface area is 149 Å². The van der Waals surface area contributed by atoms with E-state index in [4.69, 9.17) is 0 Å². The fraction of sp³-hybridized carbons (Fsp3) is 0.667. The van der Waals surface area contributed by atoms with E-state index in [9.17, 15) is 0 Å². The zero-order valence-corrected chi connectivity index (χ0v) is 16.1. The molecule has 0 atom stereocenters. The summed E-state index contributed by atoms with van der Waals surface area (Å²) in [5, 5.41) is 9.05. The smallest absolute Gasteiger partial charge is 0.191 e. The average molecular weight is 422 g/mol. The lowest BCUT2D eigenvalue weighted by molar-refractivity contribution is 0.206. The van der Waals surface area contributed by atoms with Crippen molar-refractivity contribution in [2.24, 2.45) is 4.99 Å². The number of halogens is 1. The van der Waals surface area contributed by atoms with Gasteiger partial charge < -0.3 is 15.5 Å². The lowest BCUT2D eigenvalue weighted by Crippen LogP contribution is -2.48. The first-order valence-electron chi connectivity index (χ1n) is 7.53. The molecule has 1 saturated heterocycles. The standard InChI is InChI=1S/C15H26N4S.HI/c1-3-8-19-9-6-13(7-10-19)18-15(16-2)17-12-14-5-4-11-20-14;/h4-5,11,13H,3,6-10,12H2,1-2H3,(H2,16,17,18);1H. The minimum Gasteiger partial charge on any atom is -0.354 e. The summed E-state index contributed by atoms with van der Waals surface area (Å²) in [7, 11) is 1.84. The van der Waals surface area contributed by atoms with E-state index in [0.717, 1.165) is 12.5 Å². The van der Waals surface area contributed by atoms with Gasteiger partial charge in [0.1, 0.15) is 0 Å². The number of thiophene rings is 1. The summed E-state index contributed by atoms with van der Waals surface area (Å²) < 4.78 is 0. The number of guanidine groups is 1. The molecule has 2 N–H and O–H groups in total. The van der Waals surface area contributed by atoms with E-state index in [1.165, 1.54) is 43.8 Å². The fourth-order valence-electron chi connectivity index (χ4n) is 2.59. The second-order valence-electron chi connectivity index (χ2n) is 5.27. The van der Waals surface area contributed by atoms with Gasteiger partial charge in [-0.3, -0.25) is 4.99 Å². The topological polar surface area (TPSA) is 39.7 Å². The van der Waals surface area contributed by atoms with Crippen LogP contribution in [0.5, 0.6) is 0 Å². The van der Waals surface area contributed by atoms with Gasteiger partial charge in [-0.2, -0.15) is 0 Å². The number of aliphatic imine (C=N–C) groups is 1. The van der Waals surface area contributed by atoms with Crippen LogP contribution in [0.3, 0.4) is 0 Å². The van der Waals surface area contributed by atoms with Gasteiger partial charge in [-0.05, 0) is 37.3 Å². The Morgan fingerprint density at radius 3 is 2.76 bits per heavy atom. The van der Waals surface area contributed by atoms with Crippen LogP contribution in [-0.4, -0.2) is 43.6 Å². The van der Waals surface area contributed by atoms with Crippen LogP contribution in [-0.2, 0) is 6.54 Å². The van der Waals surface area contributed by atoms with Crippen molar-refractivity contribution in [3.63, 3.8) is 0 Å². The Morgan fingerprint density at radius 1 is 1.43 bits per heavy atom. The van der Waals surface area contributed by atoms with Crippen molar-refractivity contribution in [2.45, 2.75) is 38.8 Å². The van der Waals surface area contributed by atoms with Gasteiger partial charge in [-0.25, -0.2) is 0 Å². The Hall–Kier alpha value is -0.340. The molecule has 0 radical (unpaired) electrons. The van der Waals surface area contributed by atoms with Gasteiger partial charge >= 0.3 is 0 Å². The maximum absolute atomic E-state index is 4.32. The zero-order chi connectivity index (χ0) is 14.2. The third-order valence-electron chi connectivity index (χ3n) is 3.70. The largest absolute Gasteiger partial charge is 0.354 e. The number of nitrogens with zero attached hydrogens (tertiary/aromatic N) is 2. The lowest BCUT2D eigenvalue weighted by atomic mass is 10.1. The molecule has 0 saturated carbocycles. The summed E-state index contributed by atoms with van der Waals surface area (Å²) in [5.74, 6) is 0.923. The molecule has 0 unspecified atom stereocenters. The van der Waals surface area contributed by atoms with Gasteiger partial charge in [0, 0.05) is 31.1 Å². The predicted molar refractivity (Wildman–Crippen MR) is 103 cm³/mol. The van der Waals surface area contributed by atoms with Crippen molar-refractivity contribution in [2.75, 3.05) is 26.7 Å². The number of hydrogen-bond acceptors (Lipinski definition) is 3. The third-order valence-corrected chi connectivity index (χ3v) is 4.58. The molecular weight excluding hydrogens is 395 g/mol. The van der Waals surface area contributed by atoms with E-state index >= 15 is 0 Å². The number of piperidine rings is 1. The van der Waals surface area contributed by atoms with Crippen LogP contribution < -0.4 is 10.6 Å². The highest BCUT2D eigenvalue weighted by atomic mass is 127. The molecule has 0 amide bonds. The summed E-state index contributed by atoms with van der Waals surface area (Å²) in [6.45, 7) is 6.74. The number of likely N-dealkylation sites (tertiary alicyclic amines) is 1. The summed E-state index contributed by atoms with van der Waals surface area (Å²) in [6.07, 6.45) is 3.67. The molecule has 1 aromatic heterocycles. The van der Waals surface area contributed by atoms with E-state index < -0.39 is 0 Å². The van der Waals surface area contributed by atoms with Gasteiger partial charge in [0.05, 0.1) is 6.54 Å². The Kier molecular flexibility index (Phi) is 9.26. The predicted octanol–water partition coefficient (Wildman–Crippen LogP) is 2.91. The summed E-state index contributed by atoms with van der Waals surface area (Å²) in [6, 6.07) is 4.79. The first kappa shape index (κ1) is 18.7. The van der Waals surface area contributed by atoms with Gasteiger partial charge in [0.15, 0.2) is 5.96 Å². The molecule has 4 nitrogen and oxygen atoms in total. The molecule has 21 heavy (non-hydrogen) atoms. The Bertz CT molecular complexity index is 400. The van der Waals surface area contributed by atoms with E-state index in [0.29, 0.717) is 6.04 Å². The molecule has 0 bridgehead atoms. The summed E-state index contributed by atoms with van der Waals surface area (Å²) in [4.78, 5) is 8.22. The summed E-state index contributed by atoms with van der Waals surface area (Å²) in [5.41, 5.74) is 0. The van der Waals surface area contributed by atoms with Gasteiger partial charge in [0.2, 0.25) is 0 Å². The quantitative estimate of drug-likeness (QED) is 0.436. The zero-order valence-electron chi connectivity index (χ0n) is 13.0. The normalized spacial score (nSPS) is 17.3. The van der Waals surface area contributed by atoms with Crippen molar-refractivity contribution in [1.29, 1.82) is 0 Å². The van der Waals surface area contributed by atoms with Gasteiger partial charge in [-0.15, -0.1) is 35.3 Å². The summed E-state index contributed by atoms with van der Waals surface area (Å²) >= 11 is 1.78. The molecule has 0 aromatic carbocycles. The highest BCUT2D eigenvalue weighted by molar-refractivity contribution is 14.0. The molecular formula is C15H27IN4S. The second kappa shape index (κ2) is 10.4. The van der Waals surface area contributed by atoms with Gasteiger partial charge in [0.25, 0.3) is 0 Å². The Morgan fingerprint density at radius 2 is 2.19 bits per heavy atom. The van der Waals surface area contributed by atoms with Crippen LogP contribution in [0, 0.1) is 0 Å². The van der Waals surface area contributed by atoms with Crippen LogP contribution in [0.1, 0.15) is 31.1 Å². The first-order valence-corrected chi connectivity index (χ1v) is 8.41. The monoisotopic (exact) mass is 422 g/mol. The van der Waals surface area contributed by atoms with Crippen molar-refractivity contribution in [3.05, 3.63) is 22.4 Å². The highest BCUT2D eigenvalue weighted by Gasteiger charge is 2.19. The van der Waals surface area contributed by atoms with Gasteiger partial charge in [-0.1, -0.05) is 13.0 Å². The van der Waals surface area contributed by atoms with Crippen LogP contribution in [0.25, 0.3) is 0 Å². The van der Waals surface area contributed by atoms with E-state index in [1.54, 1.807) is 11.3 Å². The number of hydrogen-bond donors (Lipinski definition) is 2. The molecule has 120 valence electrons. The van der Waals surface area contributed by atoms with Crippen LogP contribution in [0.2, 0.25) is 0 Å². The second-order valence-corrected chi connectivity index (χ2v) is 6.30. The molecule has 1 aliphatic heterocycles. The fourth-order valence-corrected chi connectivity index (χ4v) is 3.23.